The molecule has 2 rings (SSSR count). The van der Waals surface area contributed by atoms with Gasteiger partial charge in [-0.25, -0.2) is 0 Å². The zero-order chi connectivity index (χ0) is 15.2. The zero-order valence-corrected chi connectivity index (χ0v) is 13.3. The van der Waals surface area contributed by atoms with Crippen LogP contribution in [0.1, 0.15) is 31.1 Å². The summed E-state index contributed by atoms with van der Waals surface area (Å²) in [4.78, 5) is 17.1. The van der Waals surface area contributed by atoms with Crippen molar-refractivity contribution in [1.82, 2.24) is 9.80 Å². The van der Waals surface area contributed by atoms with Gasteiger partial charge in [0.05, 0.1) is 13.2 Å². The van der Waals surface area contributed by atoms with E-state index in [4.69, 9.17) is 4.74 Å². The van der Waals surface area contributed by atoms with E-state index in [2.05, 4.69) is 23.6 Å². The van der Waals surface area contributed by atoms with Gasteiger partial charge in [-0.2, -0.15) is 0 Å². The van der Waals surface area contributed by atoms with Gasteiger partial charge in [0.2, 0.25) is 0 Å². The number of nitrogens with zero attached hydrogens (tertiary/aromatic N) is 2. The van der Waals surface area contributed by atoms with Crippen molar-refractivity contribution in [3.05, 3.63) is 29.8 Å². The summed E-state index contributed by atoms with van der Waals surface area (Å²) in [5.74, 6) is 1.01. The highest BCUT2D eigenvalue weighted by Gasteiger charge is 2.23. The molecule has 4 heteroatoms. The van der Waals surface area contributed by atoms with Crippen molar-refractivity contribution in [2.24, 2.45) is 0 Å². The first-order chi connectivity index (χ1) is 10.1. The molecule has 0 bridgehead atoms. The molecule has 1 aromatic carbocycles. The molecule has 1 saturated heterocycles. The summed E-state index contributed by atoms with van der Waals surface area (Å²) in [6, 6.07) is 7.98. The average molecular weight is 290 g/mol. The molecule has 1 heterocycles. The zero-order valence-electron chi connectivity index (χ0n) is 13.3. The van der Waals surface area contributed by atoms with Gasteiger partial charge in [0.1, 0.15) is 5.75 Å². The Morgan fingerprint density at radius 1 is 1.24 bits per heavy atom. The number of ether oxygens (including phenoxy) is 1. The van der Waals surface area contributed by atoms with Crippen LogP contribution in [0.3, 0.4) is 0 Å². The number of hydrogen-bond donors (Lipinski definition) is 0. The Balaban J connectivity index is 1.89. The van der Waals surface area contributed by atoms with Crippen LogP contribution in [0.4, 0.5) is 0 Å². The second-order valence-electron chi connectivity index (χ2n) is 5.59. The fourth-order valence-electron chi connectivity index (χ4n) is 2.88. The average Bonchev–Trinajstić information content (AvgIpc) is 2.48. The number of carbonyl (C=O) groups is 1. The fourth-order valence-corrected chi connectivity index (χ4v) is 2.88. The van der Waals surface area contributed by atoms with Crippen molar-refractivity contribution in [1.29, 1.82) is 0 Å². The van der Waals surface area contributed by atoms with E-state index in [0.29, 0.717) is 19.2 Å². The van der Waals surface area contributed by atoms with Gasteiger partial charge in [-0.3, -0.25) is 14.6 Å². The predicted octanol–water partition coefficient (Wildman–Crippen LogP) is 2.29. The van der Waals surface area contributed by atoms with Crippen LogP contribution in [0.25, 0.3) is 0 Å². The van der Waals surface area contributed by atoms with E-state index >= 15 is 0 Å². The summed E-state index contributed by atoms with van der Waals surface area (Å²) < 4.78 is 5.40. The number of rotatable bonds is 6. The maximum Gasteiger partial charge on any atom is 0.176 e. The Morgan fingerprint density at radius 3 is 2.52 bits per heavy atom. The van der Waals surface area contributed by atoms with Gasteiger partial charge in [-0.05, 0) is 44.7 Å². The molecule has 0 radical (unpaired) electrons. The summed E-state index contributed by atoms with van der Waals surface area (Å²) in [5.41, 5.74) is 0.768. The second-order valence-corrected chi connectivity index (χ2v) is 5.59. The Bertz CT molecular complexity index is 458. The third-order valence-electron chi connectivity index (χ3n) is 4.11. The third kappa shape index (κ3) is 4.29. The van der Waals surface area contributed by atoms with E-state index < -0.39 is 0 Å². The summed E-state index contributed by atoms with van der Waals surface area (Å²) in [6.07, 6.45) is 0. The van der Waals surface area contributed by atoms with E-state index in [1.54, 1.807) is 0 Å². The highest BCUT2D eigenvalue weighted by Crippen LogP contribution is 2.14. The minimum Gasteiger partial charge on any atom is -0.494 e. The molecule has 0 N–H and O–H groups in total. The highest BCUT2D eigenvalue weighted by molar-refractivity contribution is 5.97. The lowest BCUT2D eigenvalue weighted by molar-refractivity contribution is 0.0723. The van der Waals surface area contributed by atoms with E-state index in [9.17, 15) is 4.79 Å². The summed E-state index contributed by atoms with van der Waals surface area (Å²) in [5, 5.41) is 0. The van der Waals surface area contributed by atoms with Crippen LogP contribution >= 0.6 is 0 Å². The predicted molar refractivity (Wildman–Crippen MR) is 85.1 cm³/mol. The standard InChI is InChI=1S/C17H26N2O2/c1-4-19-11-10-18(12-14(19)3)13-17(20)15-6-8-16(9-7-15)21-5-2/h6-9,14H,4-5,10-13H2,1-3H3. The van der Waals surface area contributed by atoms with Crippen molar-refractivity contribution >= 4 is 5.78 Å². The molecule has 1 unspecified atom stereocenters. The maximum atomic E-state index is 12.3. The number of likely N-dealkylation sites (N-methyl/N-ethyl adjacent to an activating group) is 1. The van der Waals surface area contributed by atoms with Crippen LogP contribution in [-0.2, 0) is 0 Å². The summed E-state index contributed by atoms with van der Waals surface area (Å²) in [7, 11) is 0. The van der Waals surface area contributed by atoms with E-state index in [1.165, 1.54) is 0 Å². The summed E-state index contributed by atoms with van der Waals surface area (Å²) in [6.45, 7) is 11.6. The Morgan fingerprint density at radius 2 is 1.95 bits per heavy atom. The van der Waals surface area contributed by atoms with Crippen LogP contribution in [0, 0.1) is 0 Å². The van der Waals surface area contributed by atoms with E-state index in [0.717, 1.165) is 37.5 Å². The molecule has 1 aliphatic heterocycles. The minimum atomic E-state index is 0.190. The smallest absolute Gasteiger partial charge is 0.176 e. The van der Waals surface area contributed by atoms with Crippen LogP contribution in [0.2, 0.25) is 0 Å². The van der Waals surface area contributed by atoms with Gasteiger partial charge in [-0.15, -0.1) is 0 Å². The number of piperazine rings is 1. The number of carbonyl (C=O) groups excluding carboxylic acids is 1. The number of hydrogen-bond acceptors (Lipinski definition) is 4. The molecular formula is C17H26N2O2. The van der Waals surface area contributed by atoms with Crippen molar-refractivity contribution in [3.63, 3.8) is 0 Å². The van der Waals surface area contributed by atoms with Gasteiger partial charge in [0.15, 0.2) is 5.78 Å². The van der Waals surface area contributed by atoms with Gasteiger partial charge in [0.25, 0.3) is 0 Å². The van der Waals surface area contributed by atoms with Crippen LogP contribution in [0.15, 0.2) is 24.3 Å². The Hall–Kier alpha value is -1.39. The second kappa shape index (κ2) is 7.57. The SMILES string of the molecule is CCOc1ccc(C(=O)CN2CCN(CC)C(C)C2)cc1. The Kier molecular flexibility index (Phi) is 5.76. The monoisotopic (exact) mass is 290 g/mol. The third-order valence-corrected chi connectivity index (χ3v) is 4.11. The molecule has 1 aliphatic rings. The van der Waals surface area contributed by atoms with Gasteiger partial charge in [-0.1, -0.05) is 6.92 Å². The Labute approximate surface area is 127 Å². The van der Waals surface area contributed by atoms with Gasteiger partial charge < -0.3 is 4.74 Å². The lowest BCUT2D eigenvalue weighted by Crippen LogP contribution is -2.52. The first-order valence-electron chi connectivity index (χ1n) is 7.86. The molecular weight excluding hydrogens is 264 g/mol. The largest absolute Gasteiger partial charge is 0.494 e. The number of ketones is 1. The fraction of sp³-hybridized carbons (Fsp3) is 0.588. The van der Waals surface area contributed by atoms with Crippen LogP contribution < -0.4 is 4.74 Å². The first-order valence-corrected chi connectivity index (χ1v) is 7.86. The number of Topliss-reactive ketones (excluding diaryl/α,β-unsaturated/α-hetero) is 1. The maximum absolute atomic E-state index is 12.3. The molecule has 21 heavy (non-hydrogen) atoms. The topological polar surface area (TPSA) is 32.8 Å². The molecule has 1 atom stereocenters. The normalized spacial score (nSPS) is 20.4. The molecule has 0 aromatic heterocycles. The van der Waals surface area contributed by atoms with Crippen LogP contribution in [-0.4, -0.2) is 61.0 Å². The van der Waals surface area contributed by atoms with E-state index in [1.807, 2.05) is 31.2 Å². The van der Waals surface area contributed by atoms with Crippen molar-refractivity contribution < 1.29 is 9.53 Å². The van der Waals surface area contributed by atoms with Gasteiger partial charge in [0, 0.05) is 31.2 Å². The molecule has 0 spiro atoms. The molecule has 116 valence electrons. The van der Waals surface area contributed by atoms with Crippen molar-refractivity contribution in [3.8, 4) is 5.75 Å². The van der Waals surface area contributed by atoms with Crippen LogP contribution in [0.5, 0.6) is 5.75 Å². The lowest BCUT2D eigenvalue weighted by atomic mass is 10.1. The summed E-state index contributed by atoms with van der Waals surface area (Å²) >= 11 is 0. The molecule has 1 aromatic rings. The molecule has 0 saturated carbocycles. The molecule has 4 nitrogen and oxygen atoms in total. The van der Waals surface area contributed by atoms with Crippen molar-refractivity contribution in [2.45, 2.75) is 26.8 Å². The quantitative estimate of drug-likeness (QED) is 0.753. The van der Waals surface area contributed by atoms with Crippen molar-refractivity contribution in [2.75, 3.05) is 39.3 Å². The lowest BCUT2D eigenvalue weighted by Gasteiger charge is -2.39. The highest BCUT2D eigenvalue weighted by atomic mass is 16.5. The molecule has 0 aliphatic carbocycles. The minimum absolute atomic E-state index is 0.190. The molecule has 0 amide bonds. The number of benzene rings is 1. The molecule has 1 fully saturated rings. The van der Waals surface area contributed by atoms with E-state index in [-0.39, 0.29) is 5.78 Å². The first kappa shape index (κ1) is 16.0. The van der Waals surface area contributed by atoms with Gasteiger partial charge >= 0.3 is 0 Å².